The zero-order chi connectivity index (χ0) is 32.8. The van der Waals surface area contributed by atoms with E-state index in [-0.39, 0.29) is 36.1 Å². The van der Waals surface area contributed by atoms with E-state index in [1.54, 1.807) is 33.7 Å². The number of hydrogen-bond donors (Lipinski definition) is 1. The van der Waals surface area contributed by atoms with Crippen LogP contribution in [0.4, 0.5) is 5.69 Å². The molecular weight excluding hydrogens is 598 g/mol. The fourth-order valence-electron chi connectivity index (χ4n) is 7.67. The van der Waals surface area contributed by atoms with Crippen LogP contribution in [0.3, 0.4) is 0 Å². The molecule has 0 radical (unpaired) electrons. The Bertz CT molecular complexity index is 1400. The summed E-state index contributed by atoms with van der Waals surface area (Å²) in [6.07, 6.45) is 7.00. The lowest BCUT2D eigenvalue weighted by molar-refractivity contribution is -0.145. The van der Waals surface area contributed by atoms with E-state index in [4.69, 9.17) is 4.74 Å². The molecule has 2 bridgehead atoms. The lowest BCUT2D eigenvalue weighted by Crippen LogP contribution is -2.58. The van der Waals surface area contributed by atoms with Gasteiger partial charge >= 0.3 is 0 Å². The number of ether oxygens (including phenoxy) is 1. The summed E-state index contributed by atoms with van der Waals surface area (Å²) in [6, 6.07) is 15.8. The van der Waals surface area contributed by atoms with E-state index in [0.717, 1.165) is 30.6 Å². The molecule has 0 aliphatic carbocycles. The number of rotatable bonds is 16. The predicted octanol–water partition coefficient (Wildman–Crippen LogP) is 5.11. The van der Waals surface area contributed by atoms with Gasteiger partial charge in [0.1, 0.15) is 11.8 Å². The summed E-state index contributed by atoms with van der Waals surface area (Å²) in [5.41, 5.74) is 1.68. The van der Waals surface area contributed by atoms with Crippen LogP contribution in [-0.4, -0.2) is 87.6 Å². The van der Waals surface area contributed by atoms with Crippen molar-refractivity contribution in [1.82, 2.24) is 9.80 Å². The number of fused-ring (bicyclic) bond motifs is 1. The number of carbonyl (C=O) groups excluding carboxylic acids is 3. The van der Waals surface area contributed by atoms with Crippen molar-refractivity contribution in [1.29, 1.82) is 0 Å². The average Bonchev–Trinajstić information content (AvgIpc) is 3.72. The highest BCUT2D eigenvalue weighted by molar-refractivity contribution is 8.02. The Labute approximate surface area is 277 Å². The number of carbonyl (C=O) groups is 3. The SMILES string of the molecule is C=CCN(CCCC)C(=O)C1N([C@@H](CO)Cc2ccccc2)C(=O)[C@@H]2[C@H](C(=O)N(CC=C)c3ccc(OCC)cc3)[C@@H]3CCC12S3. The Morgan fingerprint density at radius 1 is 1.09 bits per heavy atom. The van der Waals surface area contributed by atoms with Crippen LogP contribution in [0.15, 0.2) is 79.9 Å². The number of likely N-dealkylation sites (tertiary alicyclic amines) is 1. The molecule has 3 fully saturated rings. The summed E-state index contributed by atoms with van der Waals surface area (Å²) in [7, 11) is 0. The molecule has 0 aromatic heterocycles. The van der Waals surface area contributed by atoms with Gasteiger partial charge in [-0.25, -0.2) is 0 Å². The highest BCUT2D eigenvalue weighted by atomic mass is 32.2. The molecule has 2 unspecified atom stereocenters. The minimum absolute atomic E-state index is 0.0842. The van der Waals surface area contributed by atoms with Gasteiger partial charge in [0, 0.05) is 30.6 Å². The van der Waals surface area contributed by atoms with Gasteiger partial charge in [0.25, 0.3) is 0 Å². The lowest BCUT2D eigenvalue weighted by Gasteiger charge is -2.39. The van der Waals surface area contributed by atoms with Crippen molar-refractivity contribution in [3.63, 3.8) is 0 Å². The number of nitrogens with zero attached hydrogens (tertiary/aromatic N) is 3. The van der Waals surface area contributed by atoms with Gasteiger partial charge in [0.15, 0.2) is 0 Å². The molecule has 3 aliphatic rings. The molecule has 0 saturated carbocycles. The average molecular weight is 646 g/mol. The van der Waals surface area contributed by atoms with Crippen molar-refractivity contribution in [2.75, 3.05) is 37.7 Å². The van der Waals surface area contributed by atoms with E-state index >= 15 is 0 Å². The third-order valence-electron chi connectivity index (χ3n) is 9.66. The number of aliphatic hydroxyl groups excluding tert-OH is 1. The minimum Gasteiger partial charge on any atom is -0.494 e. The maximum absolute atomic E-state index is 14.8. The minimum atomic E-state index is -0.784. The maximum Gasteiger partial charge on any atom is 0.247 e. The maximum atomic E-state index is 14.8. The Morgan fingerprint density at radius 3 is 2.43 bits per heavy atom. The fourth-order valence-corrected chi connectivity index (χ4v) is 9.86. The zero-order valence-corrected chi connectivity index (χ0v) is 27.9. The van der Waals surface area contributed by atoms with E-state index < -0.39 is 28.7 Å². The monoisotopic (exact) mass is 645 g/mol. The smallest absolute Gasteiger partial charge is 0.247 e. The van der Waals surface area contributed by atoms with E-state index in [2.05, 4.69) is 20.1 Å². The zero-order valence-electron chi connectivity index (χ0n) is 27.1. The van der Waals surface area contributed by atoms with Gasteiger partial charge in [-0.05, 0) is 62.4 Å². The first-order valence-corrected chi connectivity index (χ1v) is 17.4. The van der Waals surface area contributed by atoms with Gasteiger partial charge < -0.3 is 24.5 Å². The molecule has 6 atom stereocenters. The van der Waals surface area contributed by atoms with Gasteiger partial charge in [-0.2, -0.15) is 0 Å². The molecule has 3 saturated heterocycles. The molecule has 5 rings (SSSR count). The fraction of sp³-hybridized carbons (Fsp3) is 0.486. The lowest BCUT2D eigenvalue weighted by atomic mass is 9.70. The van der Waals surface area contributed by atoms with Gasteiger partial charge in [0.2, 0.25) is 17.7 Å². The Morgan fingerprint density at radius 2 is 1.80 bits per heavy atom. The second-order valence-electron chi connectivity index (χ2n) is 12.4. The molecule has 2 aromatic rings. The molecule has 46 heavy (non-hydrogen) atoms. The van der Waals surface area contributed by atoms with Crippen LogP contribution in [-0.2, 0) is 20.8 Å². The molecule has 1 N–H and O–H groups in total. The van der Waals surface area contributed by atoms with Crippen molar-refractivity contribution in [2.24, 2.45) is 11.8 Å². The number of anilines is 1. The van der Waals surface area contributed by atoms with E-state index in [1.807, 2.05) is 66.4 Å². The molecular formula is C37H47N3O5S. The standard InChI is InChI=1S/C37H47N3O5S/c1-5-9-23-38(21-6-2)36(44)33-37-20-19-30(46-37)31(34(42)39(22-7-3)27-15-17-29(18-16-27)45-8-4)32(37)35(43)40(33)28(25-41)24-26-13-11-10-12-14-26/h6-7,10-18,28,30-33,41H,2-3,5,8-9,19-25H2,1,4H3/t28-,30+,31-,32+,33?,37?/m1/s1. The normalized spacial score (nSPS) is 25.2. The Hall–Kier alpha value is -3.56. The number of unbranched alkanes of at least 4 members (excludes halogenated alkanes) is 1. The number of thioether (sulfide) groups is 1. The van der Waals surface area contributed by atoms with Crippen LogP contribution in [0.5, 0.6) is 5.75 Å². The van der Waals surface area contributed by atoms with Crippen molar-refractivity contribution in [2.45, 2.75) is 68.0 Å². The Kier molecular flexibility index (Phi) is 10.9. The second kappa shape index (κ2) is 14.9. The third kappa shape index (κ3) is 6.24. The molecule has 246 valence electrons. The van der Waals surface area contributed by atoms with Crippen molar-refractivity contribution < 1.29 is 24.2 Å². The summed E-state index contributed by atoms with van der Waals surface area (Å²) in [6.45, 7) is 13.3. The second-order valence-corrected chi connectivity index (χ2v) is 14.0. The van der Waals surface area contributed by atoms with Gasteiger partial charge in [-0.3, -0.25) is 14.4 Å². The van der Waals surface area contributed by atoms with Crippen molar-refractivity contribution in [3.8, 4) is 5.75 Å². The van der Waals surface area contributed by atoms with Gasteiger partial charge in [0.05, 0.1) is 35.8 Å². The van der Waals surface area contributed by atoms with E-state index in [0.29, 0.717) is 38.2 Å². The largest absolute Gasteiger partial charge is 0.494 e. The summed E-state index contributed by atoms with van der Waals surface area (Å²) in [5, 5.41) is 10.7. The summed E-state index contributed by atoms with van der Waals surface area (Å²) in [4.78, 5) is 49.3. The number of benzene rings is 2. The number of hydrogen-bond acceptors (Lipinski definition) is 6. The first kappa shape index (κ1) is 33.8. The quantitative estimate of drug-likeness (QED) is 0.255. The van der Waals surface area contributed by atoms with E-state index in [1.165, 1.54) is 0 Å². The van der Waals surface area contributed by atoms with Crippen LogP contribution < -0.4 is 9.64 Å². The molecule has 8 nitrogen and oxygen atoms in total. The first-order valence-electron chi connectivity index (χ1n) is 16.5. The van der Waals surface area contributed by atoms with Crippen LogP contribution in [0.1, 0.15) is 45.1 Å². The van der Waals surface area contributed by atoms with E-state index in [9.17, 15) is 19.5 Å². The van der Waals surface area contributed by atoms with Gasteiger partial charge in [-0.1, -0.05) is 55.8 Å². The molecule has 9 heteroatoms. The number of amides is 3. The van der Waals surface area contributed by atoms with Gasteiger partial charge in [-0.15, -0.1) is 24.9 Å². The highest BCUT2D eigenvalue weighted by Gasteiger charge is 2.74. The summed E-state index contributed by atoms with van der Waals surface area (Å²) < 4.78 is 4.86. The van der Waals surface area contributed by atoms with Crippen LogP contribution in [0.25, 0.3) is 0 Å². The third-order valence-corrected chi connectivity index (χ3v) is 11.6. The van der Waals surface area contributed by atoms with Crippen LogP contribution in [0.2, 0.25) is 0 Å². The topological polar surface area (TPSA) is 90.4 Å². The Balaban J connectivity index is 1.55. The highest BCUT2D eigenvalue weighted by Crippen LogP contribution is 2.67. The first-order chi connectivity index (χ1) is 22.3. The molecule has 3 amide bonds. The molecule has 3 aliphatic heterocycles. The molecule has 3 heterocycles. The summed E-state index contributed by atoms with van der Waals surface area (Å²) >= 11 is 1.65. The molecule has 1 spiro atoms. The van der Waals surface area contributed by atoms with Crippen molar-refractivity contribution in [3.05, 3.63) is 85.5 Å². The molecule has 2 aromatic carbocycles. The van der Waals surface area contributed by atoms with Crippen LogP contribution in [0, 0.1) is 11.8 Å². The predicted molar refractivity (Wildman–Crippen MR) is 184 cm³/mol. The van der Waals surface area contributed by atoms with Crippen LogP contribution >= 0.6 is 11.8 Å². The number of aliphatic hydroxyl groups is 1. The summed E-state index contributed by atoms with van der Waals surface area (Å²) in [5.74, 6) is -1.01. The van der Waals surface area contributed by atoms with Crippen molar-refractivity contribution >= 4 is 35.2 Å².